The lowest BCUT2D eigenvalue weighted by molar-refractivity contribution is -0.116. The number of amides is 1. The summed E-state index contributed by atoms with van der Waals surface area (Å²) < 4.78 is 5.23. The van der Waals surface area contributed by atoms with E-state index in [1.165, 1.54) is 6.08 Å². The number of halogens is 1. The van der Waals surface area contributed by atoms with Gasteiger partial charge in [-0.15, -0.1) is 0 Å². The van der Waals surface area contributed by atoms with Gasteiger partial charge in [0.2, 0.25) is 5.91 Å². The predicted octanol–water partition coefficient (Wildman–Crippen LogP) is 3.03. The van der Waals surface area contributed by atoms with E-state index in [1.54, 1.807) is 31.4 Å². The molecule has 2 unspecified atom stereocenters. The molecule has 1 aliphatic carbocycles. The van der Waals surface area contributed by atoms with E-state index in [1.807, 2.05) is 0 Å². The van der Waals surface area contributed by atoms with Crippen molar-refractivity contribution in [2.45, 2.75) is 31.8 Å². The van der Waals surface area contributed by atoms with Crippen molar-refractivity contribution in [1.29, 1.82) is 0 Å². The average molecular weight is 324 g/mol. The number of carbonyl (C=O) groups excluding carboxylic acids is 1. The van der Waals surface area contributed by atoms with E-state index in [0.29, 0.717) is 23.2 Å². The first-order valence-corrected chi connectivity index (χ1v) is 7.94. The maximum absolute atomic E-state index is 11.9. The molecular weight excluding hydrogens is 302 g/mol. The Morgan fingerprint density at radius 2 is 2.32 bits per heavy atom. The van der Waals surface area contributed by atoms with Crippen LogP contribution in [0.2, 0.25) is 5.02 Å². The molecular formula is C17H22ClNO3. The molecule has 5 heteroatoms. The lowest BCUT2D eigenvalue weighted by atomic mass is 9.87. The smallest absolute Gasteiger partial charge is 0.244 e. The number of nitrogens with one attached hydrogen (secondary N) is 1. The van der Waals surface area contributed by atoms with Gasteiger partial charge in [-0.3, -0.25) is 4.79 Å². The van der Waals surface area contributed by atoms with Crippen molar-refractivity contribution in [1.82, 2.24) is 5.32 Å². The van der Waals surface area contributed by atoms with Gasteiger partial charge in [-0.05, 0) is 49.5 Å². The van der Waals surface area contributed by atoms with Crippen LogP contribution >= 0.6 is 11.6 Å². The normalized spacial score (nSPS) is 21.8. The summed E-state index contributed by atoms with van der Waals surface area (Å²) in [6, 6.07) is 5.26. The van der Waals surface area contributed by atoms with Gasteiger partial charge in [-0.1, -0.05) is 18.0 Å². The van der Waals surface area contributed by atoms with E-state index in [0.717, 1.165) is 31.2 Å². The molecule has 120 valence electrons. The molecule has 0 heterocycles. The molecule has 0 spiro atoms. The lowest BCUT2D eigenvalue weighted by Crippen LogP contribution is -2.32. The van der Waals surface area contributed by atoms with Gasteiger partial charge in [-0.2, -0.15) is 0 Å². The van der Waals surface area contributed by atoms with Crippen LogP contribution in [0.4, 0.5) is 0 Å². The average Bonchev–Trinajstić information content (AvgIpc) is 2.51. The highest BCUT2D eigenvalue weighted by molar-refractivity contribution is 6.30. The highest BCUT2D eigenvalue weighted by Crippen LogP contribution is 2.24. The van der Waals surface area contributed by atoms with Crippen LogP contribution in [0, 0.1) is 5.92 Å². The molecule has 0 radical (unpaired) electrons. The van der Waals surface area contributed by atoms with Crippen molar-refractivity contribution in [3.63, 3.8) is 0 Å². The highest BCUT2D eigenvalue weighted by atomic mass is 35.5. The summed E-state index contributed by atoms with van der Waals surface area (Å²) >= 11 is 5.95. The molecule has 1 saturated carbocycles. The largest absolute Gasteiger partial charge is 0.496 e. The van der Waals surface area contributed by atoms with Gasteiger partial charge >= 0.3 is 0 Å². The number of hydrogen-bond donors (Lipinski definition) is 2. The fraction of sp³-hybridized carbons (Fsp3) is 0.471. The zero-order valence-corrected chi connectivity index (χ0v) is 13.5. The Labute approximate surface area is 136 Å². The zero-order chi connectivity index (χ0) is 15.9. The quantitative estimate of drug-likeness (QED) is 0.819. The Balaban J connectivity index is 1.87. The fourth-order valence-corrected chi connectivity index (χ4v) is 2.93. The Morgan fingerprint density at radius 3 is 3.05 bits per heavy atom. The van der Waals surface area contributed by atoms with Crippen molar-refractivity contribution in [2.24, 2.45) is 5.92 Å². The van der Waals surface area contributed by atoms with Crippen molar-refractivity contribution in [2.75, 3.05) is 13.7 Å². The lowest BCUT2D eigenvalue weighted by Gasteiger charge is -2.25. The summed E-state index contributed by atoms with van der Waals surface area (Å²) in [6.07, 6.45) is 6.68. The van der Waals surface area contributed by atoms with Crippen molar-refractivity contribution < 1.29 is 14.6 Å². The molecule has 2 atom stereocenters. The second kappa shape index (κ2) is 8.20. The highest BCUT2D eigenvalue weighted by Gasteiger charge is 2.20. The Bertz CT molecular complexity index is 545. The molecule has 1 aromatic carbocycles. The third-order valence-corrected chi connectivity index (χ3v) is 4.16. The van der Waals surface area contributed by atoms with Crippen molar-refractivity contribution >= 4 is 23.6 Å². The third kappa shape index (κ3) is 5.04. The monoisotopic (exact) mass is 323 g/mol. The van der Waals surface area contributed by atoms with Gasteiger partial charge in [0, 0.05) is 23.2 Å². The number of aliphatic hydroxyl groups excluding tert-OH is 1. The van der Waals surface area contributed by atoms with Crippen molar-refractivity contribution in [3.05, 3.63) is 34.9 Å². The maximum atomic E-state index is 11.9. The predicted molar refractivity (Wildman–Crippen MR) is 88.0 cm³/mol. The summed E-state index contributed by atoms with van der Waals surface area (Å²) in [5.74, 6) is 0.882. The van der Waals surface area contributed by atoms with E-state index in [2.05, 4.69) is 5.32 Å². The maximum Gasteiger partial charge on any atom is 0.244 e. The van der Waals surface area contributed by atoms with Crippen LogP contribution in [0.3, 0.4) is 0 Å². The van der Waals surface area contributed by atoms with Gasteiger partial charge in [0.05, 0.1) is 13.2 Å². The van der Waals surface area contributed by atoms with Gasteiger partial charge in [0.1, 0.15) is 5.75 Å². The molecule has 0 bridgehead atoms. The number of benzene rings is 1. The SMILES string of the molecule is COc1ccc(Cl)cc1/C=C/C(=O)NCC1CCCC(O)C1. The first-order valence-electron chi connectivity index (χ1n) is 7.56. The minimum atomic E-state index is -0.220. The van der Waals surface area contributed by atoms with Crippen LogP contribution in [0.1, 0.15) is 31.2 Å². The van der Waals surface area contributed by atoms with Crippen LogP contribution in [0.25, 0.3) is 6.08 Å². The standard InChI is InChI=1S/C17H22ClNO3/c1-22-16-7-6-14(18)10-13(16)5-8-17(21)19-11-12-3-2-4-15(20)9-12/h5-8,10,12,15,20H,2-4,9,11H2,1H3,(H,19,21)/b8-5+. The topological polar surface area (TPSA) is 58.6 Å². The molecule has 0 aliphatic heterocycles. The summed E-state index contributed by atoms with van der Waals surface area (Å²) in [5.41, 5.74) is 0.762. The first kappa shape index (κ1) is 16.8. The molecule has 1 aromatic rings. The van der Waals surface area contributed by atoms with E-state index < -0.39 is 0 Å². The van der Waals surface area contributed by atoms with Crippen LogP contribution in [-0.2, 0) is 4.79 Å². The summed E-state index contributed by atoms with van der Waals surface area (Å²) in [5, 5.41) is 13.1. The number of aliphatic hydroxyl groups is 1. The molecule has 2 N–H and O–H groups in total. The van der Waals surface area contributed by atoms with E-state index in [-0.39, 0.29) is 12.0 Å². The van der Waals surface area contributed by atoms with Gasteiger partial charge in [0.25, 0.3) is 0 Å². The zero-order valence-electron chi connectivity index (χ0n) is 12.7. The summed E-state index contributed by atoms with van der Waals surface area (Å²) in [7, 11) is 1.58. The first-order chi connectivity index (χ1) is 10.6. The fourth-order valence-electron chi connectivity index (χ4n) is 2.75. The second-order valence-electron chi connectivity index (χ2n) is 5.65. The number of rotatable bonds is 5. The van der Waals surface area contributed by atoms with Crippen molar-refractivity contribution in [3.8, 4) is 5.75 Å². The van der Waals surface area contributed by atoms with E-state index in [9.17, 15) is 9.90 Å². The molecule has 0 saturated heterocycles. The Kier molecular flexibility index (Phi) is 6.28. The van der Waals surface area contributed by atoms with Crippen LogP contribution in [-0.4, -0.2) is 30.8 Å². The van der Waals surface area contributed by atoms with E-state index >= 15 is 0 Å². The summed E-state index contributed by atoms with van der Waals surface area (Å²) in [4.78, 5) is 11.9. The minimum absolute atomic E-state index is 0.151. The van der Waals surface area contributed by atoms with Crippen LogP contribution in [0.15, 0.2) is 24.3 Å². The Hall–Kier alpha value is -1.52. The number of methoxy groups -OCH3 is 1. The number of carbonyl (C=O) groups is 1. The van der Waals surface area contributed by atoms with Gasteiger partial charge in [0.15, 0.2) is 0 Å². The summed E-state index contributed by atoms with van der Waals surface area (Å²) in [6.45, 7) is 0.604. The number of ether oxygens (including phenoxy) is 1. The van der Waals surface area contributed by atoms with Gasteiger partial charge in [-0.25, -0.2) is 0 Å². The minimum Gasteiger partial charge on any atom is -0.496 e. The second-order valence-corrected chi connectivity index (χ2v) is 6.09. The molecule has 4 nitrogen and oxygen atoms in total. The molecule has 1 fully saturated rings. The molecule has 0 aromatic heterocycles. The molecule has 1 amide bonds. The molecule has 1 aliphatic rings. The Morgan fingerprint density at radius 1 is 1.50 bits per heavy atom. The molecule has 2 rings (SSSR count). The van der Waals surface area contributed by atoms with Crippen LogP contribution in [0.5, 0.6) is 5.75 Å². The molecule has 22 heavy (non-hydrogen) atoms. The number of hydrogen-bond acceptors (Lipinski definition) is 3. The third-order valence-electron chi connectivity index (χ3n) is 3.93. The van der Waals surface area contributed by atoms with Gasteiger partial charge < -0.3 is 15.2 Å². The van der Waals surface area contributed by atoms with Crippen LogP contribution < -0.4 is 10.1 Å². The van der Waals surface area contributed by atoms with E-state index in [4.69, 9.17) is 16.3 Å².